The summed E-state index contributed by atoms with van der Waals surface area (Å²) in [5.41, 5.74) is 11.0. The fourth-order valence-corrected chi connectivity index (χ4v) is 2.02. The first-order chi connectivity index (χ1) is 11.1. The van der Waals surface area contributed by atoms with E-state index in [0.717, 1.165) is 0 Å². The predicted octanol–water partition coefficient (Wildman–Crippen LogP) is -1.47. The van der Waals surface area contributed by atoms with Gasteiger partial charge >= 0.3 is 5.97 Å². The van der Waals surface area contributed by atoms with Crippen molar-refractivity contribution in [2.45, 2.75) is 64.3 Å². The van der Waals surface area contributed by atoms with Gasteiger partial charge in [0, 0.05) is 0 Å². The van der Waals surface area contributed by atoms with Crippen LogP contribution in [0.3, 0.4) is 0 Å². The van der Waals surface area contributed by atoms with Crippen LogP contribution in [0.5, 0.6) is 0 Å². The molecule has 0 rings (SSSR count). The number of aliphatic hydroxyl groups excluding tert-OH is 1. The Morgan fingerprint density at radius 1 is 1.04 bits per heavy atom. The van der Waals surface area contributed by atoms with Crippen LogP contribution in [0.4, 0.5) is 0 Å². The van der Waals surface area contributed by atoms with Gasteiger partial charge in [-0.15, -0.1) is 0 Å². The van der Waals surface area contributed by atoms with E-state index in [1.54, 1.807) is 13.8 Å². The summed E-state index contributed by atoms with van der Waals surface area (Å²) >= 11 is 0. The standard InChI is InChI=1S/C15H30N4O5/c1-8(2)12(15(23)24)19-13(21)10(6-4-5-7-16)18-14(22)11(17)9(3)20/h8-12,20H,4-7,16-17H2,1-3H3,(H,18,22)(H,19,21)(H,23,24)/t9-,10+,11+,12+/m1/s1. The van der Waals surface area contributed by atoms with Crippen LogP contribution >= 0.6 is 0 Å². The van der Waals surface area contributed by atoms with Gasteiger partial charge in [-0.1, -0.05) is 13.8 Å². The van der Waals surface area contributed by atoms with Gasteiger partial charge in [0.2, 0.25) is 11.8 Å². The summed E-state index contributed by atoms with van der Waals surface area (Å²) in [6.45, 7) is 5.15. The topological polar surface area (TPSA) is 168 Å². The third-order valence-corrected chi connectivity index (χ3v) is 3.63. The van der Waals surface area contributed by atoms with E-state index in [1.165, 1.54) is 6.92 Å². The molecule has 140 valence electrons. The second-order valence-corrected chi connectivity index (χ2v) is 6.18. The Kier molecular flexibility index (Phi) is 10.2. The van der Waals surface area contributed by atoms with Gasteiger partial charge in [0.05, 0.1) is 6.10 Å². The van der Waals surface area contributed by atoms with Gasteiger partial charge in [-0.2, -0.15) is 0 Å². The summed E-state index contributed by atoms with van der Waals surface area (Å²) in [5, 5.41) is 23.4. The van der Waals surface area contributed by atoms with Crippen LogP contribution in [0.2, 0.25) is 0 Å². The van der Waals surface area contributed by atoms with Crippen molar-refractivity contribution in [3.8, 4) is 0 Å². The van der Waals surface area contributed by atoms with E-state index < -0.39 is 42.0 Å². The van der Waals surface area contributed by atoms with Crippen LogP contribution in [-0.4, -0.2) is 58.8 Å². The molecular weight excluding hydrogens is 316 g/mol. The quantitative estimate of drug-likeness (QED) is 0.248. The average molecular weight is 346 g/mol. The number of carbonyl (C=O) groups is 3. The van der Waals surface area contributed by atoms with Crippen LogP contribution in [-0.2, 0) is 14.4 Å². The Labute approximate surface area is 142 Å². The molecule has 24 heavy (non-hydrogen) atoms. The molecule has 0 saturated carbocycles. The van der Waals surface area contributed by atoms with Crippen molar-refractivity contribution in [1.29, 1.82) is 0 Å². The molecule has 0 aliphatic rings. The molecule has 0 aromatic carbocycles. The second-order valence-electron chi connectivity index (χ2n) is 6.18. The number of carboxylic acid groups (broad SMARTS) is 1. The Hall–Kier alpha value is -1.71. The third-order valence-electron chi connectivity index (χ3n) is 3.63. The molecular formula is C15H30N4O5. The van der Waals surface area contributed by atoms with E-state index in [2.05, 4.69) is 10.6 Å². The van der Waals surface area contributed by atoms with E-state index in [9.17, 15) is 19.5 Å². The molecule has 0 fully saturated rings. The number of nitrogens with two attached hydrogens (primary N) is 2. The monoisotopic (exact) mass is 346 g/mol. The molecule has 9 nitrogen and oxygen atoms in total. The number of carboxylic acids is 1. The second kappa shape index (κ2) is 11.0. The number of aliphatic hydroxyl groups is 1. The lowest BCUT2D eigenvalue weighted by molar-refractivity contribution is -0.143. The van der Waals surface area contributed by atoms with Crippen molar-refractivity contribution < 1.29 is 24.6 Å². The van der Waals surface area contributed by atoms with E-state index in [4.69, 9.17) is 16.6 Å². The van der Waals surface area contributed by atoms with Crippen molar-refractivity contribution in [3.05, 3.63) is 0 Å². The van der Waals surface area contributed by atoms with Gasteiger partial charge in [0.1, 0.15) is 18.1 Å². The van der Waals surface area contributed by atoms with Crippen molar-refractivity contribution in [1.82, 2.24) is 10.6 Å². The maximum absolute atomic E-state index is 12.4. The van der Waals surface area contributed by atoms with Crippen LogP contribution < -0.4 is 22.1 Å². The van der Waals surface area contributed by atoms with Crippen LogP contribution in [0.1, 0.15) is 40.0 Å². The molecule has 0 aliphatic carbocycles. The van der Waals surface area contributed by atoms with Gasteiger partial charge in [-0.05, 0) is 38.6 Å². The lowest BCUT2D eigenvalue weighted by atomic mass is 10.0. The van der Waals surface area contributed by atoms with Crippen molar-refractivity contribution in [2.75, 3.05) is 6.54 Å². The van der Waals surface area contributed by atoms with Crippen LogP contribution in [0.25, 0.3) is 0 Å². The highest BCUT2D eigenvalue weighted by Crippen LogP contribution is 2.06. The first-order valence-corrected chi connectivity index (χ1v) is 8.09. The van der Waals surface area contributed by atoms with Gasteiger partial charge in [0.15, 0.2) is 0 Å². The van der Waals surface area contributed by atoms with Crippen molar-refractivity contribution >= 4 is 17.8 Å². The summed E-state index contributed by atoms with van der Waals surface area (Å²) in [7, 11) is 0. The fourth-order valence-electron chi connectivity index (χ4n) is 2.02. The molecule has 9 heteroatoms. The van der Waals surface area contributed by atoms with E-state index >= 15 is 0 Å². The van der Waals surface area contributed by atoms with Gasteiger partial charge in [-0.25, -0.2) is 4.79 Å². The first kappa shape index (κ1) is 22.3. The zero-order valence-electron chi connectivity index (χ0n) is 14.5. The Bertz CT molecular complexity index is 428. The van der Waals surface area contributed by atoms with Crippen molar-refractivity contribution in [2.24, 2.45) is 17.4 Å². The van der Waals surface area contributed by atoms with Crippen LogP contribution in [0, 0.1) is 5.92 Å². The summed E-state index contributed by atoms with van der Waals surface area (Å²) in [4.78, 5) is 35.5. The Morgan fingerprint density at radius 2 is 1.62 bits per heavy atom. The summed E-state index contributed by atoms with van der Waals surface area (Å²) in [5.74, 6) is -2.73. The van der Waals surface area contributed by atoms with Crippen LogP contribution in [0.15, 0.2) is 0 Å². The molecule has 0 aromatic rings. The fraction of sp³-hybridized carbons (Fsp3) is 0.800. The molecule has 0 spiro atoms. The number of rotatable bonds is 11. The number of hydrogen-bond donors (Lipinski definition) is 6. The predicted molar refractivity (Wildman–Crippen MR) is 88.9 cm³/mol. The molecule has 0 radical (unpaired) electrons. The van der Waals surface area contributed by atoms with Gasteiger partial charge in [0.25, 0.3) is 0 Å². The largest absolute Gasteiger partial charge is 0.480 e. The Balaban J connectivity index is 5.00. The lowest BCUT2D eigenvalue weighted by Crippen LogP contribution is -2.56. The maximum Gasteiger partial charge on any atom is 0.326 e. The minimum atomic E-state index is -1.17. The number of hydrogen-bond acceptors (Lipinski definition) is 6. The molecule has 0 bridgehead atoms. The van der Waals surface area contributed by atoms with Gasteiger partial charge in [-0.3, -0.25) is 9.59 Å². The SMILES string of the molecule is CC(C)[C@H](NC(=O)[C@H](CCCCN)NC(=O)[C@@H](N)[C@@H](C)O)C(=O)O. The number of aliphatic carboxylic acids is 1. The molecule has 8 N–H and O–H groups in total. The molecule has 0 unspecified atom stereocenters. The zero-order chi connectivity index (χ0) is 18.9. The number of nitrogens with one attached hydrogen (secondary N) is 2. The molecule has 0 aromatic heterocycles. The first-order valence-electron chi connectivity index (χ1n) is 8.09. The molecule has 0 saturated heterocycles. The Morgan fingerprint density at radius 3 is 2.04 bits per heavy atom. The molecule has 0 heterocycles. The average Bonchev–Trinajstić information content (AvgIpc) is 2.49. The van der Waals surface area contributed by atoms with E-state index in [0.29, 0.717) is 25.8 Å². The number of unbranched alkanes of at least 4 members (excludes halogenated alkanes) is 1. The maximum atomic E-state index is 12.4. The summed E-state index contributed by atoms with van der Waals surface area (Å²) in [6.07, 6.45) is 0.471. The molecule has 2 amide bonds. The normalized spacial score (nSPS) is 16.1. The van der Waals surface area contributed by atoms with Crippen molar-refractivity contribution in [3.63, 3.8) is 0 Å². The van der Waals surface area contributed by atoms with Gasteiger partial charge < -0.3 is 32.3 Å². The highest BCUT2D eigenvalue weighted by molar-refractivity contribution is 5.91. The summed E-state index contributed by atoms with van der Waals surface area (Å²) in [6, 6.07) is -3.17. The highest BCUT2D eigenvalue weighted by atomic mass is 16.4. The molecule has 0 aliphatic heterocycles. The molecule has 4 atom stereocenters. The van der Waals surface area contributed by atoms with E-state index in [1.807, 2.05) is 0 Å². The minimum Gasteiger partial charge on any atom is -0.480 e. The minimum absolute atomic E-state index is 0.297. The zero-order valence-corrected chi connectivity index (χ0v) is 14.5. The smallest absolute Gasteiger partial charge is 0.326 e. The highest BCUT2D eigenvalue weighted by Gasteiger charge is 2.30. The third kappa shape index (κ3) is 7.71. The summed E-state index contributed by atoms with van der Waals surface area (Å²) < 4.78 is 0. The number of carbonyl (C=O) groups excluding carboxylic acids is 2. The lowest BCUT2D eigenvalue weighted by Gasteiger charge is -2.24. The number of amides is 2. The van der Waals surface area contributed by atoms with E-state index in [-0.39, 0.29) is 5.92 Å².